The maximum Gasteiger partial charge on any atom is 0.248 e. The largest absolute Gasteiger partial charge is 0.465 e. The van der Waals surface area contributed by atoms with Crippen LogP contribution in [0.5, 0.6) is 0 Å². The molecule has 2 amide bonds. The number of nitrogens with zero attached hydrogens (tertiary/aromatic N) is 2. The van der Waals surface area contributed by atoms with E-state index >= 15 is 0 Å². The topological polar surface area (TPSA) is 65.8 Å². The average molecular weight is 462 g/mol. The molecule has 3 aromatic rings. The van der Waals surface area contributed by atoms with Gasteiger partial charge in [0.25, 0.3) is 0 Å². The van der Waals surface area contributed by atoms with Gasteiger partial charge in [-0.2, -0.15) is 0 Å². The van der Waals surface area contributed by atoms with Gasteiger partial charge in [0.05, 0.1) is 17.0 Å². The summed E-state index contributed by atoms with van der Waals surface area (Å²) in [6.07, 6.45) is 8.01. The lowest BCUT2D eigenvalue weighted by Crippen LogP contribution is -2.48. The number of halogens is 1. The number of anilines is 2. The smallest absolute Gasteiger partial charge is 0.248 e. The van der Waals surface area contributed by atoms with Crippen LogP contribution in [0.3, 0.4) is 0 Å². The van der Waals surface area contributed by atoms with E-state index in [1.165, 1.54) is 6.08 Å². The molecule has 1 saturated heterocycles. The van der Waals surface area contributed by atoms with E-state index in [-0.39, 0.29) is 11.8 Å². The van der Waals surface area contributed by atoms with Crippen molar-refractivity contribution in [2.24, 2.45) is 0 Å². The fraction of sp³-hybridized carbons (Fsp3) is 0.154. The molecule has 6 nitrogen and oxygen atoms in total. The molecule has 1 fully saturated rings. The highest BCUT2D eigenvalue weighted by Crippen LogP contribution is 2.29. The fourth-order valence-corrected chi connectivity index (χ4v) is 3.87. The van der Waals surface area contributed by atoms with Gasteiger partial charge in [0.15, 0.2) is 0 Å². The van der Waals surface area contributed by atoms with Crippen LogP contribution in [0.2, 0.25) is 5.02 Å². The van der Waals surface area contributed by atoms with Crippen molar-refractivity contribution in [2.45, 2.75) is 0 Å². The lowest BCUT2D eigenvalue weighted by molar-refractivity contribution is -0.126. The molecule has 0 atom stereocenters. The molecule has 0 spiro atoms. The molecule has 1 aromatic heterocycles. The monoisotopic (exact) mass is 461 g/mol. The maximum absolute atomic E-state index is 12.5. The number of hydrogen-bond donors (Lipinski definition) is 1. The number of furan rings is 1. The van der Waals surface area contributed by atoms with Crippen molar-refractivity contribution in [3.05, 3.63) is 95.4 Å². The molecule has 0 saturated carbocycles. The number of hydrogen-bond acceptors (Lipinski definition) is 4. The molecule has 33 heavy (non-hydrogen) atoms. The Bertz CT molecular complexity index is 1150. The summed E-state index contributed by atoms with van der Waals surface area (Å²) in [5.74, 6) is 0.336. The Morgan fingerprint density at radius 1 is 0.909 bits per heavy atom. The highest BCUT2D eigenvalue weighted by atomic mass is 35.5. The van der Waals surface area contributed by atoms with E-state index in [0.29, 0.717) is 42.6 Å². The summed E-state index contributed by atoms with van der Waals surface area (Å²) >= 11 is 6.50. The zero-order chi connectivity index (χ0) is 23.0. The lowest BCUT2D eigenvalue weighted by Gasteiger charge is -2.36. The van der Waals surface area contributed by atoms with E-state index in [1.54, 1.807) is 36.6 Å². The Labute approximate surface area is 197 Å². The Morgan fingerprint density at radius 3 is 2.39 bits per heavy atom. The quantitative estimate of drug-likeness (QED) is 0.527. The highest BCUT2D eigenvalue weighted by Gasteiger charge is 2.21. The predicted octanol–water partition coefficient (Wildman–Crippen LogP) is 4.95. The molecule has 1 aliphatic rings. The summed E-state index contributed by atoms with van der Waals surface area (Å²) in [6, 6.07) is 18.7. The van der Waals surface area contributed by atoms with E-state index < -0.39 is 0 Å². The van der Waals surface area contributed by atoms with Crippen molar-refractivity contribution in [2.75, 3.05) is 36.4 Å². The summed E-state index contributed by atoms with van der Waals surface area (Å²) in [5, 5.41) is 3.34. The van der Waals surface area contributed by atoms with Crippen LogP contribution in [0, 0.1) is 0 Å². The number of carbonyl (C=O) groups excluding carboxylic acids is 2. The molecular weight excluding hydrogens is 438 g/mol. The van der Waals surface area contributed by atoms with Gasteiger partial charge in [0.1, 0.15) is 5.76 Å². The standard InChI is InChI=1S/C26H24ClN3O3/c27-23-19-21(28-25(31)12-10-22-7-4-18-33-22)9-11-24(23)29-14-16-30(17-15-29)26(32)13-8-20-5-2-1-3-6-20/h1-13,18-19H,14-17H2,(H,28,31)/b12-10+,13-8+. The summed E-state index contributed by atoms with van der Waals surface area (Å²) in [6.45, 7) is 2.60. The highest BCUT2D eigenvalue weighted by molar-refractivity contribution is 6.33. The third kappa shape index (κ3) is 6.14. The fourth-order valence-electron chi connectivity index (χ4n) is 3.57. The van der Waals surface area contributed by atoms with Gasteiger partial charge in [0.2, 0.25) is 11.8 Å². The third-order valence-corrected chi connectivity index (χ3v) is 5.61. The first-order valence-electron chi connectivity index (χ1n) is 10.7. The molecule has 2 heterocycles. The second-order valence-corrected chi connectivity index (χ2v) is 7.97. The van der Waals surface area contributed by atoms with Gasteiger partial charge in [-0.3, -0.25) is 9.59 Å². The van der Waals surface area contributed by atoms with Gasteiger partial charge in [-0.15, -0.1) is 0 Å². The SMILES string of the molecule is O=C(/C=C/c1ccco1)Nc1ccc(N2CCN(C(=O)/C=C/c3ccccc3)CC2)c(Cl)c1. The maximum atomic E-state index is 12.5. The Kier molecular flexibility index (Phi) is 7.27. The second-order valence-electron chi connectivity index (χ2n) is 7.56. The van der Waals surface area contributed by atoms with Crippen molar-refractivity contribution >= 4 is 46.9 Å². The summed E-state index contributed by atoms with van der Waals surface area (Å²) in [7, 11) is 0. The zero-order valence-corrected chi connectivity index (χ0v) is 18.7. The number of carbonyl (C=O) groups is 2. The second kappa shape index (κ2) is 10.7. The van der Waals surface area contributed by atoms with Crippen LogP contribution in [0.1, 0.15) is 11.3 Å². The molecule has 7 heteroatoms. The number of amides is 2. The van der Waals surface area contributed by atoms with E-state index in [9.17, 15) is 9.59 Å². The van der Waals surface area contributed by atoms with E-state index in [1.807, 2.05) is 53.4 Å². The predicted molar refractivity (Wildman–Crippen MR) is 132 cm³/mol. The van der Waals surface area contributed by atoms with Crippen molar-refractivity contribution in [1.29, 1.82) is 0 Å². The molecule has 4 rings (SSSR count). The van der Waals surface area contributed by atoms with Gasteiger partial charge >= 0.3 is 0 Å². The third-order valence-electron chi connectivity index (χ3n) is 5.31. The van der Waals surface area contributed by atoms with Crippen molar-refractivity contribution in [3.63, 3.8) is 0 Å². The minimum Gasteiger partial charge on any atom is -0.465 e. The van der Waals surface area contributed by atoms with Crippen molar-refractivity contribution in [1.82, 2.24) is 4.90 Å². The summed E-state index contributed by atoms with van der Waals surface area (Å²) in [5.41, 5.74) is 2.49. The average Bonchev–Trinajstić information content (AvgIpc) is 3.36. The molecule has 0 aliphatic carbocycles. The normalized spacial score (nSPS) is 14.2. The van der Waals surface area contributed by atoms with E-state index in [0.717, 1.165) is 11.3 Å². The van der Waals surface area contributed by atoms with E-state index in [2.05, 4.69) is 10.2 Å². The first kappa shape index (κ1) is 22.4. The number of piperazine rings is 1. The van der Waals surface area contributed by atoms with Gasteiger partial charge < -0.3 is 19.5 Å². The molecule has 0 bridgehead atoms. The van der Waals surface area contributed by atoms with E-state index in [4.69, 9.17) is 16.0 Å². The Hall–Kier alpha value is -3.77. The number of rotatable bonds is 6. The minimum absolute atomic E-state index is 0.00487. The van der Waals surface area contributed by atoms with Crippen LogP contribution in [-0.2, 0) is 9.59 Å². The molecule has 2 aromatic carbocycles. The Morgan fingerprint density at radius 2 is 1.70 bits per heavy atom. The molecule has 1 aliphatic heterocycles. The molecular formula is C26H24ClN3O3. The first-order valence-corrected chi connectivity index (χ1v) is 11.1. The Balaban J connectivity index is 1.30. The first-order chi connectivity index (χ1) is 16.1. The van der Waals surface area contributed by atoms with Crippen LogP contribution in [0.25, 0.3) is 12.2 Å². The van der Waals surface area contributed by atoms with Crippen molar-refractivity contribution in [3.8, 4) is 0 Å². The number of nitrogens with one attached hydrogen (secondary N) is 1. The van der Waals surface area contributed by atoms with Crippen LogP contribution in [0.15, 0.2) is 83.5 Å². The van der Waals surface area contributed by atoms with Crippen LogP contribution in [0.4, 0.5) is 11.4 Å². The lowest BCUT2D eigenvalue weighted by atomic mass is 10.2. The van der Waals surface area contributed by atoms with Crippen LogP contribution in [-0.4, -0.2) is 42.9 Å². The van der Waals surface area contributed by atoms with Gasteiger partial charge in [-0.25, -0.2) is 0 Å². The van der Waals surface area contributed by atoms with Gasteiger partial charge in [-0.05, 0) is 48.0 Å². The summed E-state index contributed by atoms with van der Waals surface area (Å²) in [4.78, 5) is 28.6. The molecule has 0 unspecified atom stereocenters. The molecule has 168 valence electrons. The zero-order valence-electron chi connectivity index (χ0n) is 18.0. The molecule has 0 radical (unpaired) electrons. The minimum atomic E-state index is -0.272. The van der Waals surface area contributed by atoms with Crippen LogP contribution >= 0.6 is 11.6 Å². The summed E-state index contributed by atoms with van der Waals surface area (Å²) < 4.78 is 5.17. The van der Waals surface area contributed by atoms with Crippen LogP contribution < -0.4 is 10.2 Å². The van der Waals surface area contributed by atoms with Gasteiger partial charge in [0, 0.05) is 44.0 Å². The van der Waals surface area contributed by atoms with Gasteiger partial charge in [-0.1, -0.05) is 41.9 Å². The van der Waals surface area contributed by atoms with Crippen molar-refractivity contribution < 1.29 is 14.0 Å². The number of benzene rings is 2. The molecule has 1 N–H and O–H groups in total.